The normalized spacial score (nSPS) is 28.4. The molecule has 4 heterocycles. The fourth-order valence-corrected chi connectivity index (χ4v) is 7.10. The number of benzene rings is 1. The number of hydrogen-bond acceptors (Lipinski definition) is 5. The molecule has 7 heteroatoms. The van der Waals surface area contributed by atoms with Crippen LogP contribution in [-0.2, 0) is 14.9 Å². The standard InChI is InChI=1S/C27H39N3O4/c1-4-34-26(32)30-21-7-5-20(6-8-22(30)10-9-21)28-15-13-27(14-16-28)18-29(19(2)31)25-12-11-23(33-3)17-24(25)27/h11-12,17,20-22H,4-10,13-16,18H2,1-3H3. The molecule has 186 valence electrons. The van der Waals surface area contributed by atoms with E-state index in [-0.39, 0.29) is 17.4 Å². The van der Waals surface area contributed by atoms with Gasteiger partial charge in [0.1, 0.15) is 5.75 Å². The van der Waals surface area contributed by atoms with Crippen molar-refractivity contribution in [2.45, 2.75) is 88.8 Å². The number of amides is 2. The minimum absolute atomic E-state index is 0.0212. The first-order valence-corrected chi connectivity index (χ1v) is 13.1. The van der Waals surface area contributed by atoms with E-state index in [1.54, 1.807) is 14.0 Å². The number of ether oxygens (including phenoxy) is 2. The number of nitrogens with zero attached hydrogens (tertiary/aromatic N) is 3. The lowest BCUT2D eigenvalue weighted by Gasteiger charge is -2.44. The monoisotopic (exact) mass is 469 g/mol. The molecule has 1 spiro atoms. The molecule has 1 aromatic rings. The first-order valence-electron chi connectivity index (χ1n) is 13.1. The van der Waals surface area contributed by atoms with Gasteiger partial charge in [0.15, 0.2) is 0 Å². The third-order valence-corrected chi connectivity index (χ3v) is 8.94. The highest BCUT2D eigenvalue weighted by Crippen LogP contribution is 2.49. The molecule has 4 aliphatic rings. The summed E-state index contributed by atoms with van der Waals surface area (Å²) in [6.45, 7) is 6.90. The number of methoxy groups -OCH3 is 1. The largest absolute Gasteiger partial charge is 0.497 e. The zero-order chi connectivity index (χ0) is 23.9. The average Bonchev–Trinajstić information content (AvgIpc) is 3.40. The summed E-state index contributed by atoms with van der Waals surface area (Å²) in [6, 6.07) is 7.43. The fraction of sp³-hybridized carbons (Fsp3) is 0.704. The molecule has 2 bridgehead atoms. The quantitative estimate of drug-likeness (QED) is 0.660. The molecule has 0 aliphatic carbocycles. The van der Waals surface area contributed by atoms with Gasteiger partial charge < -0.3 is 24.2 Å². The molecule has 3 fully saturated rings. The first-order chi connectivity index (χ1) is 16.5. The Hall–Kier alpha value is -2.28. The van der Waals surface area contributed by atoms with E-state index in [9.17, 15) is 9.59 Å². The molecule has 2 unspecified atom stereocenters. The highest BCUT2D eigenvalue weighted by Gasteiger charge is 2.47. The van der Waals surface area contributed by atoms with E-state index in [1.807, 2.05) is 17.9 Å². The maximum atomic E-state index is 12.5. The van der Waals surface area contributed by atoms with Gasteiger partial charge in [0.2, 0.25) is 5.91 Å². The Kier molecular flexibility index (Phi) is 6.49. The van der Waals surface area contributed by atoms with Crippen molar-refractivity contribution in [3.63, 3.8) is 0 Å². The number of rotatable bonds is 3. The number of carbonyl (C=O) groups is 2. The summed E-state index contributed by atoms with van der Waals surface area (Å²) in [5.41, 5.74) is 2.36. The van der Waals surface area contributed by atoms with Crippen LogP contribution in [0.3, 0.4) is 0 Å². The zero-order valence-corrected chi connectivity index (χ0v) is 20.9. The van der Waals surface area contributed by atoms with Crippen molar-refractivity contribution in [3.05, 3.63) is 23.8 Å². The maximum absolute atomic E-state index is 12.5. The third-order valence-electron chi connectivity index (χ3n) is 8.94. The smallest absolute Gasteiger partial charge is 0.410 e. The molecule has 2 atom stereocenters. The summed E-state index contributed by atoms with van der Waals surface area (Å²) in [6.07, 6.45) is 8.66. The molecule has 34 heavy (non-hydrogen) atoms. The molecule has 0 aromatic heterocycles. The van der Waals surface area contributed by atoms with Gasteiger partial charge in [-0.25, -0.2) is 4.79 Å². The summed E-state index contributed by atoms with van der Waals surface area (Å²) < 4.78 is 10.9. The van der Waals surface area contributed by atoms with Gasteiger partial charge in [-0.1, -0.05) is 0 Å². The van der Waals surface area contributed by atoms with Crippen molar-refractivity contribution in [1.29, 1.82) is 0 Å². The number of piperidine rings is 1. The molecule has 0 radical (unpaired) electrons. The molecular formula is C27H39N3O4. The van der Waals surface area contributed by atoms with E-state index in [2.05, 4.69) is 21.9 Å². The van der Waals surface area contributed by atoms with Crippen molar-refractivity contribution in [2.24, 2.45) is 0 Å². The van der Waals surface area contributed by atoms with E-state index in [0.29, 0.717) is 24.7 Å². The Labute approximate surface area is 203 Å². The van der Waals surface area contributed by atoms with Crippen LogP contribution in [-0.4, -0.2) is 73.3 Å². The molecule has 1 aromatic carbocycles. The Morgan fingerprint density at radius 2 is 1.62 bits per heavy atom. The molecule has 7 nitrogen and oxygen atoms in total. The lowest BCUT2D eigenvalue weighted by molar-refractivity contribution is -0.116. The van der Waals surface area contributed by atoms with Gasteiger partial charge in [0.25, 0.3) is 0 Å². The van der Waals surface area contributed by atoms with Crippen LogP contribution in [0.25, 0.3) is 0 Å². The van der Waals surface area contributed by atoms with Crippen molar-refractivity contribution < 1.29 is 19.1 Å². The summed E-state index contributed by atoms with van der Waals surface area (Å²) in [5.74, 6) is 0.986. The van der Waals surface area contributed by atoms with Gasteiger partial charge in [0, 0.05) is 42.7 Å². The summed E-state index contributed by atoms with van der Waals surface area (Å²) in [4.78, 5) is 31.6. The van der Waals surface area contributed by atoms with Crippen molar-refractivity contribution >= 4 is 17.7 Å². The first kappa shape index (κ1) is 23.5. The minimum Gasteiger partial charge on any atom is -0.497 e. The van der Waals surface area contributed by atoms with Crippen LogP contribution in [0.1, 0.15) is 70.8 Å². The van der Waals surface area contributed by atoms with Gasteiger partial charge in [-0.15, -0.1) is 0 Å². The predicted octanol–water partition coefficient (Wildman–Crippen LogP) is 4.33. The van der Waals surface area contributed by atoms with E-state index < -0.39 is 0 Å². The van der Waals surface area contributed by atoms with E-state index in [0.717, 1.165) is 82.4 Å². The Morgan fingerprint density at radius 1 is 1.00 bits per heavy atom. The molecular weight excluding hydrogens is 430 g/mol. The summed E-state index contributed by atoms with van der Waals surface area (Å²) in [7, 11) is 1.71. The van der Waals surface area contributed by atoms with Crippen LogP contribution in [0.5, 0.6) is 5.75 Å². The summed E-state index contributed by atoms with van der Waals surface area (Å²) in [5, 5.41) is 0. The van der Waals surface area contributed by atoms with Gasteiger partial charge in [-0.05, 0) is 95.1 Å². The van der Waals surface area contributed by atoms with Gasteiger partial charge in [-0.2, -0.15) is 0 Å². The van der Waals surface area contributed by atoms with Crippen molar-refractivity contribution in [1.82, 2.24) is 9.80 Å². The van der Waals surface area contributed by atoms with E-state index in [4.69, 9.17) is 9.47 Å². The third kappa shape index (κ3) is 4.06. The Morgan fingerprint density at radius 3 is 2.18 bits per heavy atom. The molecule has 3 saturated heterocycles. The van der Waals surface area contributed by atoms with Gasteiger partial charge in [-0.3, -0.25) is 4.79 Å². The molecule has 0 saturated carbocycles. The molecule has 4 aliphatic heterocycles. The molecule has 2 amide bonds. The van der Waals surface area contributed by atoms with Crippen molar-refractivity contribution in [2.75, 3.05) is 38.3 Å². The van der Waals surface area contributed by atoms with Crippen LogP contribution in [0.2, 0.25) is 0 Å². The van der Waals surface area contributed by atoms with Crippen LogP contribution >= 0.6 is 0 Å². The van der Waals surface area contributed by atoms with Crippen LogP contribution < -0.4 is 9.64 Å². The number of anilines is 1. The average molecular weight is 470 g/mol. The topological polar surface area (TPSA) is 62.3 Å². The van der Waals surface area contributed by atoms with Crippen LogP contribution in [0.4, 0.5) is 10.5 Å². The molecule has 0 N–H and O–H groups in total. The highest BCUT2D eigenvalue weighted by molar-refractivity contribution is 5.95. The van der Waals surface area contributed by atoms with Gasteiger partial charge in [0.05, 0.1) is 13.7 Å². The lowest BCUT2D eigenvalue weighted by atomic mass is 9.73. The summed E-state index contributed by atoms with van der Waals surface area (Å²) >= 11 is 0. The Balaban J connectivity index is 1.27. The fourth-order valence-electron chi connectivity index (χ4n) is 7.10. The van der Waals surface area contributed by atoms with Crippen molar-refractivity contribution in [3.8, 4) is 5.75 Å². The number of likely N-dealkylation sites (tertiary alicyclic amines) is 1. The molecule has 5 rings (SSSR count). The van der Waals surface area contributed by atoms with E-state index in [1.165, 1.54) is 5.56 Å². The second kappa shape index (κ2) is 9.40. The second-order valence-corrected chi connectivity index (χ2v) is 10.6. The highest BCUT2D eigenvalue weighted by atomic mass is 16.6. The van der Waals surface area contributed by atoms with Crippen LogP contribution in [0.15, 0.2) is 18.2 Å². The number of carbonyl (C=O) groups excluding carboxylic acids is 2. The number of hydrogen-bond donors (Lipinski definition) is 0. The second-order valence-electron chi connectivity index (χ2n) is 10.6. The maximum Gasteiger partial charge on any atom is 0.410 e. The predicted molar refractivity (Wildman–Crippen MR) is 131 cm³/mol. The minimum atomic E-state index is -0.112. The van der Waals surface area contributed by atoms with Crippen LogP contribution in [0, 0.1) is 0 Å². The lowest BCUT2D eigenvalue weighted by Crippen LogP contribution is -2.50. The number of fused-ring (bicyclic) bond motifs is 4. The van der Waals surface area contributed by atoms with Gasteiger partial charge >= 0.3 is 6.09 Å². The Bertz CT molecular complexity index is 910. The zero-order valence-electron chi connectivity index (χ0n) is 20.9. The SMILES string of the molecule is CCOC(=O)N1C2CCC(N3CCC4(CC3)CN(C(C)=O)c3ccc(OC)cc34)CCC1CC2. The van der Waals surface area contributed by atoms with E-state index >= 15 is 0 Å².